The Morgan fingerprint density at radius 3 is 2.57 bits per heavy atom. The van der Waals surface area contributed by atoms with Crippen molar-refractivity contribution in [2.45, 2.75) is 0 Å². The number of aromatic nitrogens is 2. The number of nitrogens with zero attached hydrogens (tertiary/aromatic N) is 2. The van der Waals surface area contributed by atoms with Gasteiger partial charge in [0, 0.05) is 0 Å². The summed E-state index contributed by atoms with van der Waals surface area (Å²) in [4.78, 5) is 0. The van der Waals surface area contributed by atoms with Gasteiger partial charge in [-0.05, 0) is 28.7 Å². The fraction of sp³-hybridized carbons (Fsp3) is 0. The summed E-state index contributed by atoms with van der Waals surface area (Å²) in [5, 5.41) is 3.91. The molecule has 0 unspecified atom stereocenters. The number of hydrogen-bond acceptors (Lipinski definition) is 1. The Labute approximate surface area is 68.9 Å². The van der Waals surface area contributed by atoms with Gasteiger partial charge in [0.2, 0.25) is 0 Å². The topological polar surface area (TPSA) is 17.8 Å². The average Bonchev–Trinajstić information content (AvgIpc) is 1.91. The molecule has 0 aliphatic carbocycles. The Hall–Kier alpha value is 0.670. The van der Waals surface area contributed by atoms with Crippen LogP contribution in [0.25, 0.3) is 0 Å². The van der Waals surface area contributed by atoms with Crippen LogP contribution in [0.5, 0.6) is 0 Å². The quantitative estimate of drug-likeness (QED) is 0.665. The zero-order valence-corrected chi connectivity index (χ0v) is 7.62. The van der Waals surface area contributed by atoms with Crippen molar-refractivity contribution in [2.75, 3.05) is 0 Å². The van der Waals surface area contributed by atoms with E-state index < -0.39 is 0 Å². The van der Waals surface area contributed by atoms with E-state index in [2.05, 4.69) is 50.6 Å². The van der Waals surface area contributed by atoms with Crippen molar-refractivity contribution < 1.29 is 0 Å². The average molecular weight is 320 g/mol. The molecule has 1 aromatic heterocycles. The lowest BCUT2D eigenvalue weighted by molar-refractivity contribution is 1.03. The molecule has 0 atom stereocenters. The van der Waals surface area contributed by atoms with Crippen LogP contribution in [0.1, 0.15) is 0 Å². The van der Waals surface area contributed by atoms with Gasteiger partial charge in [0.25, 0.3) is 0 Å². The first-order valence-electron chi connectivity index (χ1n) is 1.66. The fourth-order valence-corrected chi connectivity index (χ4v) is 0.860. The van der Waals surface area contributed by atoms with Crippen LogP contribution >= 0.6 is 45.5 Å². The lowest BCUT2D eigenvalue weighted by Crippen LogP contribution is -1.80. The van der Waals surface area contributed by atoms with Gasteiger partial charge >= 0.3 is 0 Å². The lowest BCUT2D eigenvalue weighted by atomic mass is 10.8. The molecule has 38 valence electrons. The van der Waals surface area contributed by atoms with E-state index in [0.29, 0.717) is 0 Å². The largest absolute Gasteiger partial charge is 0.198 e. The summed E-state index contributed by atoms with van der Waals surface area (Å²) in [5.41, 5.74) is 0. The standard InChI is InChI=1S/C3H2I2N2/c4-3-1-2-6-7(3)5/h1-2H. The van der Waals surface area contributed by atoms with Gasteiger partial charge in [-0.2, -0.15) is 7.99 Å². The molecule has 0 radical (unpaired) electrons. The Morgan fingerprint density at radius 2 is 2.43 bits per heavy atom. The Balaban J connectivity index is 3.12. The highest BCUT2D eigenvalue weighted by Gasteiger charge is 1.88. The molecule has 0 bridgehead atoms. The molecule has 1 aromatic rings. The highest BCUT2D eigenvalue weighted by Crippen LogP contribution is 2.04. The summed E-state index contributed by atoms with van der Waals surface area (Å²) in [6.07, 6.45) is 1.77. The first-order valence-corrected chi connectivity index (χ1v) is 3.71. The smallest absolute Gasteiger partial charge is 0.110 e. The molecule has 0 aliphatic heterocycles. The molecule has 0 N–H and O–H groups in total. The van der Waals surface area contributed by atoms with Crippen molar-refractivity contribution in [1.29, 1.82) is 0 Å². The molecule has 2 nitrogen and oxygen atoms in total. The van der Waals surface area contributed by atoms with Crippen LogP contribution in [0.2, 0.25) is 0 Å². The van der Waals surface area contributed by atoms with E-state index in [9.17, 15) is 0 Å². The summed E-state index contributed by atoms with van der Waals surface area (Å²) in [6.45, 7) is 0. The minimum absolute atomic E-state index is 1.15. The van der Waals surface area contributed by atoms with Crippen LogP contribution < -0.4 is 0 Å². The Kier molecular flexibility index (Phi) is 1.90. The minimum Gasteiger partial charge on any atom is -0.198 e. The van der Waals surface area contributed by atoms with E-state index in [1.54, 1.807) is 9.09 Å². The zero-order chi connectivity index (χ0) is 5.28. The highest BCUT2D eigenvalue weighted by atomic mass is 127. The van der Waals surface area contributed by atoms with E-state index >= 15 is 0 Å². The summed E-state index contributed by atoms with van der Waals surface area (Å²) in [6, 6.07) is 1.95. The first-order chi connectivity index (χ1) is 3.30. The third-order valence-corrected chi connectivity index (χ3v) is 3.06. The van der Waals surface area contributed by atoms with Crippen LogP contribution in [-0.4, -0.2) is 7.99 Å². The van der Waals surface area contributed by atoms with Crippen LogP contribution in [0, 0.1) is 3.70 Å². The third-order valence-electron chi connectivity index (χ3n) is 0.556. The van der Waals surface area contributed by atoms with E-state index in [0.717, 1.165) is 3.70 Å². The van der Waals surface area contributed by atoms with E-state index in [1.165, 1.54) is 0 Å². The molecule has 0 saturated carbocycles. The van der Waals surface area contributed by atoms with Crippen molar-refractivity contribution in [3.8, 4) is 0 Å². The van der Waals surface area contributed by atoms with Gasteiger partial charge in [-0.25, -0.2) is 0 Å². The molecule has 0 saturated heterocycles. The maximum atomic E-state index is 3.91. The third kappa shape index (κ3) is 1.28. The molecule has 1 heterocycles. The van der Waals surface area contributed by atoms with Crippen LogP contribution in [-0.2, 0) is 0 Å². The van der Waals surface area contributed by atoms with Crippen LogP contribution in [0.15, 0.2) is 12.3 Å². The van der Waals surface area contributed by atoms with E-state index in [-0.39, 0.29) is 0 Å². The normalized spacial score (nSPS) is 9.43. The Bertz CT molecular complexity index is 143. The van der Waals surface area contributed by atoms with Crippen molar-refractivity contribution in [3.63, 3.8) is 0 Å². The molecule has 7 heavy (non-hydrogen) atoms. The molecular weight excluding hydrogens is 318 g/mol. The predicted molar refractivity (Wildman–Crippen MR) is 44.4 cm³/mol. The second-order valence-corrected chi connectivity index (χ2v) is 3.03. The fourth-order valence-electron chi connectivity index (χ4n) is 0.270. The molecule has 0 fully saturated rings. The van der Waals surface area contributed by atoms with Crippen molar-refractivity contribution in [2.24, 2.45) is 0 Å². The first kappa shape index (κ1) is 5.80. The number of halogens is 2. The zero-order valence-electron chi connectivity index (χ0n) is 3.31. The van der Waals surface area contributed by atoms with Gasteiger partial charge in [-0.1, -0.05) is 0 Å². The van der Waals surface area contributed by atoms with Crippen molar-refractivity contribution in [3.05, 3.63) is 16.0 Å². The summed E-state index contributed by atoms with van der Waals surface area (Å²) < 4.78 is 2.94. The van der Waals surface area contributed by atoms with E-state index in [4.69, 9.17) is 0 Å². The second-order valence-electron chi connectivity index (χ2n) is 1.01. The van der Waals surface area contributed by atoms with Gasteiger partial charge in [-0.3, -0.25) is 0 Å². The highest BCUT2D eigenvalue weighted by molar-refractivity contribution is 14.1. The maximum absolute atomic E-state index is 3.91. The van der Waals surface area contributed by atoms with E-state index in [1.807, 2.05) is 6.07 Å². The summed E-state index contributed by atoms with van der Waals surface area (Å²) in [5.74, 6) is 0. The van der Waals surface area contributed by atoms with Crippen molar-refractivity contribution >= 4 is 45.5 Å². The molecular formula is C3H2I2N2. The maximum Gasteiger partial charge on any atom is 0.110 e. The minimum atomic E-state index is 1.15. The molecule has 1 rings (SSSR count). The van der Waals surface area contributed by atoms with Gasteiger partial charge in [-0.15, -0.1) is 0 Å². The van der Waals surface area contributed by atoms with Gasteiger partial charge in [0.15, 0.2) is 0 Å². The SMILES string of the molecule is Ic1ccnn1I. The van der Waals surface area contributed by atoms with Gasteiger partial charge in [0.05, 0.1) is 29.1 Å². The molecule has 0 aromatic carbocycles. The van der Waals surface area contributed by atoms with Gasteiger partial charge < -0.3 is 0 Å². The predicted octanol–water partition coefficient (Wildman–Crippen LogP) is 1.69. The van der Waals surface area contributed by atoms with Gasteiger partial charge in [0.1, 0.15) is 3.70 Å². The monoisotopic (exact) mass is 320 g/mol. The summed E-state index contributed by atoms with van der Waals surface area (Å²) >= 11 is 4.33. The van der Waals surface area contributed by atoms with Crippen molar-refractivity contribution in [1.82, 2.24) is 7.99 Å². The number of rotatable bonds is 0. The second kappa shape index (κ2) is 2.29. The number of hydrogen-bond donors (Lipinski definition) is 0. The molecule has 0 amide bonds. The van der Waals surface area contributed by atoms with Crippen LogP contribution in [0.3, 0.4) is 0 Å². The molecule has 4 heteroatoms. The Morgan fingerprint density at radius 1 is 1.71 bits per heavy atom. The molecule has 0 aliphatic rings. The summed E-state index contributed by atoms with van der Waals surface area (Å²) in [7, 11) is 0. The molecule has 0 spiro atoms. The van der Waals surface area contributed by atoms with Crippen LogP contribution in [0.4, 0.5) is 0 Å². The lowest BCUT2D eigenvalue weighted by Gasteiger charge is -1.81.